The second-order valence-corrected chi connectivity index (χ2v) is 5.32. The van der Waals surface area contributed by atoms with Gasteiger partial charge < -0.3 is 9.14 Å². The highest BCUT2D eigenvalue weighted by Gasteiger charge is 2.28. The minimum absolute atomic E-state index is 0.150. The van der Waals surface area contributed by atoms with Crippen LogP contribution in [0.5, 0.6) is 0 Å². The molecule has 0 radical (unpaired) electrons. The Labute approximate surface area is 138 Å². The number of carbonyl (C=O) groups is 3. The van der Waals surface area contributed by atoms with E-state index in [2.05, 4.69) is 4.74 Å². The second-order valence-electron chi connectivity index (χ2n) is 5.32. The molecule has 0 spiro atoms. The summed E-state index contributed by atoms with van der Waals surface area (Å²) in [6.45, 7) is 1.67. The Morgan fingerprint density at radius 1 is 0.958 bits per heavy atom. The molecule has 120 valence electrons. The van der Waals surface area contributed by atoms with Gasteiger partial charge >= 0.3 is 5.97 Å². The third-order valence-corrected chi connectivity index (χ3v) is 3.94. The lowest BCUT2D eigenvalue weighted by atomic mass is 9.99. The van der Waals surface area contributed by atoms with Crippen molar-refractivity contribution in [2.24, 2.45) is 0 Å². The molecule has 3 rings (SSSR count). The maximum absolute atomic E-state index is 12.9. The molecule has 1 aromatic carbocycles. The van der Waals surface area contributed by atoms with Gasteiger partial charge in [0.1, 0.15) is 5.69 Å². The van der Waals surface area contributed by atoms with Crippen LogP contribution in [0.25, 0.3) is 5.52 Å². The quantitative estimate of drug-likeness (QED) is 0.421. The number of methoxy groups -OCH3 is 1. The number of hydrogen-bond acceptors (Lipinski definition) is 4. The normalized spacial score (nSPS) is 10.6. The van der Waals surface area contributed by atoms with Gasteiger partial charge in [-0.3, -0.25) is 9.59 Å². The fraction of sp³-hybridized carbons (Fsp3) is 0.105. The van der Waals surface area contributed by atoms with Gasteiger partial charge in [0.15, 0.2) is 5.78 Å². The average molecular weight is 321 g/mol. The summed E-state index contributed by atoms with van der Waals surface area (Å²) < 4.78 is 6.10. The first kappa shape index (κ1) is 15.7. The summed E-state index contributed by atoms with van der Waals surface area (Å²) in [5.74, 6) is -1.93. The molecular formula is C19H15NO4. The van der Waals surface area contributed by atoms with E-state index in [9.17, 15) is 14.4 Å². The number of esters is 1. The van der Waals surface area contributed by atoms with Gasteiger partial charge in [0, 0.05) is 11.8 Å². The summed E-state index contributed by atoms with van der Waals surface area (Å²) in [5, 5.41) is 0. The van der Waals surface area contributed by atoms with Gasteiger partial charge in [-0.05, 0) is 24.6 Å². The van der Waals surface area contributed by atoms with Crippen molar-refractivity contribution >= 4 is 23.1 Å². The number of hydrogen-bond donors (Lipinski definition) is 0. The van der Waals surface area contributed by atoms with Gasteiger partial charge in [-0.1, -0.05) is 36.4 Å². The molecule has 0 N–H and O–H groups in total. The van der Waals surface area contributed by atoms with Crippen LogP contribution in [0, 0.1) is 6.92 Å². The standard InChI is InChI=1S/C19H15NO4/c1-12-15(17(21)13-8-4-3-5-9-13)14-10-6-7-11-20(14)16(12)18(22)19(23)24-2/h3-11H,1-2H3. The summed E-state index contributed by atoms with van der Waals surface area (Å²) >= 11 is 0. The number of carbonyl (C=O) groups excluding carboxylic acids is 3. The molecule has 0 aliphatic carbocycles. The highest BCUT2D eigenvalue weighted by Crippen LogP contribution is 2.26. The maximum atomic E-state index is 12.9. The van der Waals surface area contributed by atoms with Gasteiger partial charge in [-0.15, -0.1) is 0 Å². The fourth-order valence-electron chi connectivity index (χ4n) is 2.82. The molecule has 3 aromatic rings. The first-order valence-corrected chi connectivity index (χ1v) is 7.38. The van der Waals surface area contributed by atoms with Crippen molar-refractivity contribution in [3.05, 3.63) is 77.1 Å². The number of nitrogens with zero attached hydrogens (tertiary/aromatic N) is 1. The third-order valence-electron chi connectivity index (χ3n) is 3.94. The van der Waals surface area contributed by atoms with Crippen LogP contribution in [0.15, 0.2) is 54.7 Å². The van der Waals surface area contributed by atoms with Crippen molar-refractivity contribution in [3.63, 3.8) is 0 Å². The number of benzene rings is 1. The number of aromatic nitrogens is 1. The van der Waals surface area contributed by atoms with E-state index in [0.717, 1.165) is 7.11 Å². The Balaban J connectivity index is 2.27. The highest BCUT2D eigenvalue weighted by molar-refractivity contribution is 6.41. The molecule has 2 aromatic heterocycles. The summed E-state index contributed by atoms with van der Waals surface area (Å²) in [6.07, 6.45) is 1.65. The highest BCUT2D eigenvalue weighted by atomic mass is 16.5. The van der Waals surface area contributed by atoms with Crippen molar-refractivity contribution in [2.45, 2.75) is 6.92 Å². The number of pyridine rings is 1. The molecule has 0 fully saturated rings. The molecule has 0 aliphatic rings. The number of ether oxygens (including phenoxy) is 1. The van der Waals surface area contributed by atoms with Crippen LogP contribution >= 0.6 is 0 Å². The largest absolute Gasteiger partial charge is 0.463 e. The number of fused-ring (bicyclic) bond motifs is 1. The molecule has 0 atom stereocenters. The number of rotatable bonds is 4. The molecule has 2 heterocycles. The lowest BCUT2D eigenvalue weighted by molar-refractivity contribution is -0.135. The number of ketones is 2. The van der Waals surface area contributed by atoms with Crippen LogP contribution < -0.4 is 0 Å². The summed E-state index contributed by atoms with van der Waals surface area (Å²) in [7, 11) is 1.15. The van der Waals surface area contributed by atoms with E-state index in [0.29, 0.717) is 22.2 Å². The molecule has 5 heteroatoms. The molecule has 0 aliphatic heterocycles. The zero-order chi connectivity index (χ0) is 17.3. The summed E-state index contributed by atoms with van der Waals surface area (Å²) in [5.41, 5.74) is 2.13. The molecular weight excluding hydrogens is 306 g/mol. The molecule has 0 saturated carbocycles. The molecule has 24 heavy (non-hydrogen) atoms. The van der Waals surface area contributed by atoms with E-state index >= 15 is 0 Å². The van der Waals surface area contributed by atoms with E-state index in [-0.39, 0.29) is 11.5 Å². The second kappa shape index (κ2) is 6.12. The Bertz CT molecular complexity index is 954. The van der Waals surface area contributed by atoms with E-state index in [1.54, 1.807) is 60.0 Å². The fourth-order valence-corrected chi connectivity index (χ4v) is 2.82. The van der Waals surface area contributed by atoms with Gasteiger partial charge in [-0.25, -0.2) is 4.79 Å². The average Bonchev–Trinajstić information content (AvgIpc) is 2.92. The zero-order valence-electron chi connectivity index (χ0n) is 13.3. The topological polar surface area (TPSA) is 64.9 Å². The van der Waals surface area contributed by atoms with Gasteiger partial charge in [-0.2, -0.15) is 0 Å². The van der Waals surface area contributed by atoms with Gasteiger partial charge in [0.2, 0.25) is 0 Å². The SMILES string of the molecule is COC(=O)C(=O)c1c(C)c(C(=O)c2ccccc2)c2ccccn12. The lowest BCUT2D eigenvalue weighted by Crippen LogP contribution is -2.18. The van der Waals surface area contributed by atoms with E-state index in [4.69, 9.17) is 0 Å². The van der Waals surface area contributed by atoms with Crippen LogP contribution in [-0.4, -0.2) is 29.0 Å². The van der Waals surface area contributed by atoms with Crippen LogP contribution in [-0.2, 0) is 9.53 Å². The van der Waals surface area contributed by atoms with Crippen LogP contribution in [0.2, 0.25) is 0 Å². The van der Waals surface area contributed by atoms with Crippen molar-refractivity contribution in [1.82, 2.24) is 4.40 Å². The predicted octanol–water partition coefficient (Wildman–Crippen LogP) is 2.83. The van der Waals surface area contributed by atoms with Crippen LogP contribution in [0.1, 0.15) is 32.0 Å². The first-order chi connectivity index (χ1) is 11.6. The molecule has 0 saturated heterocycles. The van der Waals surface area contributed by atoms with E-state index < -0.39 is 11.8 Å². The predicted molar refractivity (Wildman–Crippen MR) is 88.4 cm³/mol. The Kier molecular flexibility index (Phi) is 4.00. The molecule has 0 unspecified atom stereocenters. The third kappa shape index (κ3) is 2.40. The van der Waals surface area contributed by atoms with Crippen LogP contribution in [0.4, 0.5) is 0 Å². The van der Waals surface area contributed by atoms with Gasteiger partial charge in [0.05, 0.1) is 18.2 Å². The molecule has 0 bridgehead atoms. The number of Topliss-reactive ketones (excluding diaryl/α,β-unsaturated/α-hetero) is 1. The van der Waals surface area contributed by atoms with Crippen molar-refractivity contribution in [2.75, 3.05) is 7.11 Å². The Morgan fingerprint density at radius 2 is 1.62 bits per heavy atom. The van der Waals surface area contributed by atoms with Crippen molar-refractivity contribution in [1.29, 1.82) is 0 Å². The maximum Gasteiger partial charge on any atom is 0.381 e. The monoisotopic (exact) mass is 321 g/mol. The smallest absolute Gasteiger partial charge is 0.381 e. The van der Waals surface area contributed by atoms with E-state index in [1.807, 2.05) is 6.07 Å². The van der Waals surface area contributed by atoms with Crippen molar-refractivity contribution in [3.8, 4) is 0 Å². The summed E-state index contributed by atoms with van der Waals surface area (Å²) in [6, 6.07) is 14.1. The summed E-state index contributed by atoms with van der Waals surface area (Å²) in [4.78, 5) is 37.0. The molecule has 0 amide bonds. The van der Waals surface area contributed by atoms with E-state index in [1.165, 1.54) is 0 Å². The zero-order valence-corrected chi connectivity index (χ0v) is 13.3. The Morgan fingerprint density at radius 3 is 2.29 bits per heavy atom. The Hall–Kier alpha value is -3.21. The van der Waals surface area contributed by atoms with Gasteiger partial charge in [0.25, 0.3) is 5.78 Å². The molecule has 5 nitrogen and oxygen atoms in total. The minimum Gasteiger partial charge on any atom is -0.463 e. The van der Waals surface area contributed by atoms with Crippen molar-refractivity contribution < 1.29 is 19.1 Å². The lowest BCUT2D eigenvalue weighted by Gasteiger charge is -2.02. The minimum atomic E-state index is -0.958. The van der Waals surface area contributed by atoms with Crippen LogP contribution in [0.3, 0.4) is 0 Å². The first-order valence-electron chi connectivity index (χ1n) is 7.38.